The lowest BCUT2D eigenvalue weighted by atomic mass is 10.2. The predicted octanol–water partition coefficient (Wildman–Crippen LogP) is 1.50. The minimum Gasteiger partial charge on any atom is -0.497 e. The van der Waals surface area contributed by atoms with Gasteiger partial charge in [-0.3, -0.25) is 4.79 Å². The fourth-order valence-electron chi connectivity index (χ4n) is 2.13. The van der Waals surface area contributed by atoms with E-state index in [0.29, 0.717) is 37.6 Å². The number of piperazine rings is 1. The van der Waals surface area contributed by atoms with Gasteiger partial charge in [0.15, 0.2) is 0 Å². The summed E-state index contributed by atoms with van der Waals surface area (Å²) in [5, 5.41) is 0. The Morgan fingerprint density at radius 1 is 1.28 bits per heavy atom. The van der Waals surface area contributed by atoms with Gasteiger partial charge in [-0.2, -0.15) is 0 Å². The van der Waals surface area contributed by atoms with Gasteiger partial charge in [-0.1, -0.05) is 0 Å². The van der Waals surface area contributed by atoms with Crippen LogP contribution in [0.15, 0.2) is 18.2 Å². The van der Waals surface area contributed by atoms with E-state index < -0.39 is 0 Å². The Morgan fingerprint density at radius 3 is 2.44 bits per heavy atom. The van der Waals surface area contributed by atoms with Crippen LogP contribution in [0.1, 0.15) is 6.92 Å². The summed E-state index contributed by atoms with van der Waals surface area (Å²) in [6, 6.07) is 4.85. The van der Waals surface area contributed by atoms with Crippen molar-refractivity contribution in [1.82, 2.24) is 4.90 Å². The number of nitrogens with zero attached hydrogens (tertiary/aromatic N) is 2. The van der Waals surface area contributed by atoms with E-state index in [1.54, 1.807) is 24.0 Å². The summed E-state index contributed by atoms with van der Waals surface area (Å²) in [6.07, 6.45) is 0. The zero-order valence-electron chi connectivity index (χ0n) is 10.6. The lowest BCUT2D eigenvalue weighted by Gasteiger charge is -2.35. The molecule has 1 aliphatic rings. The molecule has 0 spiro atoms. The molecule has 2 rings (SSSR count). The lowest BCUT2D eigenvalue weighted by Crippen LogP contribution is -2.48. The average Bonchev–Trinajstić information content (AvgIpc) is 2.38. The Morgan fingerprint density at radius 2 is 1.94 bits per heavy atom. The second-order valence-corrected chi connectivity index (χ2v) is 4.31. The topological polar surface area (TPSA) is 32.8 Å². The molecule has 0 unspecified atom stereocenters. The van der Waals surface area contributed by atoms with Crippen LogP contribution in [0, 0.1) is 5.82 Å². The van der Waals surface area contributed by atoms with Crippen molar-refractivity contribution < 1.29 is 13.9 Å². The molecular formula is C13H17FN2O2. The van der Waals surface area contributed by atoms with E-state index in [-0.39, 0.29) is 11.7 Å². The van der Waals surface area contributed by atoms with Gasteiger partial charge in [0.1, 0.15) is 11.6 Å². The van der Waals surface area contributed by atoms with E-state index in [1.807, 2.05) is 4.90 Å². The summed E-state index contributed by atoms with van der Waals surface area (Å²) in [7, 11) is 1.51. The third kappa shape index (κ3) is 2.55. The molecule has 1 fully saturated rings. The van der Waals surface area contributed by atoms with Crippen LogP contribution in [-0.2, 0) is 4.79 Å². The summed E-state index contributed by atoms with van der Waals surface area (Å²) >= 11 is 0. The van der Waals surface area contributed by atoms with Crippen molar-refractivity contribution in [2.24, 2.45) is 0 Å². The van der Waals surface area contributed by atoms with Crippen LogP contribution >= 0.6 is 0 Å². The standard InChI is InChI=1S/C13H17FN2O2/c1-10(17)15-5-7-16(8-6-15)13-4-3-11(18-2)9-12(13)14/h3-4,9H,5-8H2,1-2H3. The molecule has 0 saturated carbocycles. The molecule has 18 heavy (non-hydrogen) atoms. The largest absolute Gasteiger partial charge is 0.497 e. The van der Waals surface area contributed by atoms with E-state index >= 15 is 0 Å². The first-order valence-corrected chi connectivity index (χ1v) is 5.96. The molecule has 0 atom stereocenters. The Kier molecular flexibility index (Phi) is 3.69. The molecule has 4 nitrogen and oxygen atoms in total. The van der Waals surface area contributed by atoms with Gasteiger partial charge in [-0.15, -0.1) is 0 Å². The zero-order valence-corrected chi connectivity index (χ0v) is 10.6. The maximum atomic E-state index is 13.9. The monoisotopic (exact) mass is 252 g/mol. The lowest BCUT2D eigenvalue weighted by molar-refractivity contribution is -0.129. The predicted molar refractivity (Wildman–Crippen MR) is 67.4 cm³/mol. The highest BCUT2D eigenvalue weighted by Gasteiger charge is 2.20. The van der Waals surface area contributed by atoms with Gasteiger partial charge in [-0.05, 0) is 12.1 Å². The first kappa shape index (κ1) is 12.7. The van der Waals surface area contributed by atoms with E-state index in [0.717, 1.165) is 0 Å². The van der Waals surface area contributed by atoms with Crippen molar-refractivity contribution in [3.8, 4) is 5.75 Å². The van der Waals surface area contributed by atoms with Crippen molar-refractivity contribution in [3.05, 3.63) is 24.0 Å². The summed E-state index contributed by atoms with van der Waals surface area (Å²) in [6.45, 7) is 4.15. The molecule has 5 heteroatoms. The molecule has 1 aliphatic heterocycles. The quantitative estimate of drug-likeness (QED) is 0.799. The van der Waals surface area contributed by atoms with E-state index in [1.165, 1.54) is 13.2 Å². The van der Waals surface area contributed by atoms with Crippen LogP contribution in [0.2, 0.25) is 0 Å². The fourth-order valence-corrected chi connectivity index (χ4v) is 2.13. The number of carbonyl (C=O) groups is 1. The van der Waals surface area contributed by atoms with Crippen molar-refractivity contribution in [2.75, 3.05) is 38.2 Å². The average molecular weight is 252 g/mol. The van der Waals surface area contributed by atoms with Crippen LogP contribution in [0.5, 0.6) is 5.75 Å². The van der Waals surface area contributed by atoms with Crippen LogP contribution in [0.3, 0.4) is 0 Å². The third-order valence-corrected chi connectivity index (χ3v) is 3.22. The molecular weight excluding hydrogens is 235 g/mol. The summed E-state index contributed by atoms with van der Waals surface area (Å²) in [5.41, 5.74) is 0.569. The van der Waals surface area contributed by atoms with Gasteiger partial charge in [0.05, 0.1) is 12.8 Å². The normalized spacial score (nSPS) is 15.7. The number of halogens is 1. The second kappa shape index (κ2) is 5.25. The molecule has 1 aromatic rings. The third-order valence-electron chi connectivity index (χ3n) is 3.22. The van der Waals surface area contributed by atoms with Crippen molar-refractivity contribution >= 4 is 11.6 Å². The number of rotatable bonds is 2. The summed E-state index contributed by atoms with van der Waals surface area (Å²) in [4.78, 5) is 14.9. The molecule has 0 N–H and O–H groups in total. The maximum absolute atomic E-state index is 13.9. The van der Waals surface area contributed by atoms with Crippen LogP contribution in [0.4, 0.5) is 10.1 Å². The minimum atomic E-state index is -0.286. The Hall–Kier alpha value is -1.78. The molecule has 1 amide bonds. The van der Waals surface area contributed by atoms with Crippen molar-refractivity contribution in [3.63, 3.8) is 0 Å². The van der Waals surface area contributed by atoms with Crippen LogP contribution < -0.4 is 9.64 Å². The van der Waals surface area contributed by atoms with Gasteiger partial charge < -0.3 is 14.5 Å². The Balaban J connectivity index is 2.07. The van der Waals surface area contributed by atoms with Gasteiger partial charge in [-0.25, -0.2) is 4.39 Å². The Bertz CT molecular complexity index is 443. The van der Waals surface area contributed by atoms with E-state index in [2.05, 4.69) is 0 Å². The second-order valence-electron chi connectivity index (χ2n) is 4.31. The molecule has 0 aromatic heterocycles. The van der Waals surface area contributed by atoms with E-state index in [9.17, 15) is 9.18 Å². The number of anilines is 1. The van der Waals surface area contributed by atoms with Crippen LogP contribution in [0.25, 0.3) is 0 Å². The van der Waals surface area contributed by atoms with Gasteiger partial charge >= 0.3 is 0 Å². The van der Waals surface area contributed by atoms with E-state index in [4.69, 9.17) is 4.74 Å². The molecule has 1 heterocycles. The Labute approximate surface area is 106 Å². The molecule has 1 saturated heterocycles. The highest BCUT2D eigenvalue weighted by Crippen LogP contribution is 2.24. The van der Waals surface area contributed by atoms with Gasteiger partial charge in [0, 0.05) is 39.2 Å². The minimum absolute atomic E-state index is 0.0739. The number of ether oxygens (including phenoxy) is 1. The van der Waals surface area contributed by atoms with Crippen molar-refractivity contribution in [2.45, 2.75) is 6.92 Å². The number of amides is 1. The number of methoxy groups -OCH3 is 1. The number of hydrogen-bond donors (Lipinski definition) is 0. The highest BCUT2D eigenvalue weighted by molar-refractivity contribution is 5.73. The van der Waals surface area contributed by atoms with Crippen molar-refractivity contribution in [1.29, 1.82) is 0 Å². The fraction of sp³-hybridized carbons (Fsp3) is 0.462. The first-order valence-electron chi connectivity index (χ1n) is 5.96. The van der Waals surface area contributed by atoms with Gasteiger partial charge in [0.2, 0.25) is 5.91 Å². The maximum Gasteiger partial charge on any atom is 0.219 e. The first-order chi connectivity index (χ1) is 8.61. The molecule has 98 valence electrons. The number of hydrogen-bond acceptors (Lipinski definition) is 3. The summed E-state index contributed by atoms with van der Waals surface area (Å²) < 4.78 is 18.8. The number of carbonyl (C=O) groups excluding carboxylic acids is 1. The highest BCUT2D eigenvalue weighted by atomic mass is 19.1. The smallest absolute Gasteiger partial charge is 0.219 e. The summed E-state index contributed by atoms with van der Waals surface area (Å²) in [5.74, 6) is 0.300. The van der Waals surface area contributed by atoms with Gasteiger partial charge in [0.25, 0.3) is 0 Å². The zero-order chi connectivity index (χ0) is 13.1. The van der Waals surface area contributed by atoms with Crippen LogP contribution in [-0.4, -0.2) is 44.1 Å². The number of benzene rings is 1. The molecule has 0 radical (unpaired) electrons. The SMILES string of the molecule is COc1ccc(N2CCN(C(C)=O)CC2)c(F)c1. The molecule has 0 aliphatic carbocycles. The molecule has 1 aromatic carbocycles. The molecule has 0 bridgehead atoms.